The van der Waals surface area contributed by atoms with Gasteiger partial charge in [-0.15, -0.1) is 0 Å². The van der Waals surface area contributed by atoms with Crippen molar-refractivity contribution in [1.82, 2.24) is 0 Å². The van der Waals surface area contributed by atoms with Gasteiger partial charge in [-0.05, 0) is 125 Å². The predicted octanol–water partition coefficient (Wildman–Crippen LogP) is 15.1. The summed E-state index contributed by atoms with van der Waals surface area (Å²) in [5, 5.41) is 7.52. The summed E-state index contributed by atoms with van der Waals surface area (Å²) in [5.74, 6) is 0. The second-order valence-corrected chi connectivity index (χ2v) is 16.3. The van der Waals surface area contributed by atoms with E-state index < -0.39 is 5.41 Å². The molecule has 1 aliphatic heterocycles. The molecule has 1 unspecified atom stereocenters. The molecular formula is C55H35NS. The molecule has 1 spiro atoms. The minimum Gasteiger partial charge on any atom is -0.310 e. The SMILES string of the molecule is c1ccc(-c2ccc3cc(N(c4ccc5c(c4)Sc4ccccc4C54c5ccccc5-c5cccc6cccc4c56)c4ccc5ccccc5c4)ccc3c2)cc1. The lowest BCUT2D eigenvalue weighted by Gasteiger charge is -2.46. The molecule has 1 atom stereocenters. The maximum absolute atomic E-state index is 2.44. The summed E-state index contributed by atoms with van der Waals surface area (Å²) in [6.45, 7) is 0. The quantitative estimate of drug-likeness (QED) is 0.177. The molecule has 0 saturated carbocycles. The average Bonchev–Trinajstić information content (AvgIpc) is 3.28. The third kappa shape index (κ3) is 4.84. The molecule has 2 heteroatoms. The first-order valence-electron chi connectivity index (χ1n) is 19.7. The lowest BCUT2D eigenvalue weighted by molar-refractivity contribution is 0.707. The van der Waals surface area contributed by atoms with Gasteiger partial charge >= 0.3 is 0 Å². The Morgan fingerprint density at radius 3 is 1.74 bits per heavy atom. The van der Waals surface area contributed by atoms with Gasteiger partial charge in [0.15, 0.2) is 0 Å². The maximum Gasteiger partial charge on any atom is 0.0735 e. The Labute approximate surface area is 336 Å². The molecule has 0 aromatic heterocycles. The largest absolute Gasteiger partial charge is 0.310 e. The zero-order valence-corrected chi connectivity index (χ0v) is 31.9. The van der Waals surface area contributed by atoms with Crippen molar-refractivity contribution in [2.75, 3.05) is 4.90 Å². The van der Waals surface area contributed by atoms with Crippen molar-refractivity contribution >= 4 is 61.1 Å². The molecule has 10 aromatic rings. The van der Waals surface area contributed by atoms with Gasteiger partial charge in [-0.1, -0.05) is 176 Å². The molecule has 12 rings (SSSR count). The Bertz CT molecular complexity index is 3230. The van der Waals surface area contributed by atoms with Crippen molar-refractivity contribution in [3.05, 3.63) is 235 Å². The van der Waals surface area contributed by atoms with Gasteiger partial charge in [0.2, 0.25) is 0 Å². The second kappa shape index (κ2) is 12.6. The van der Waals surface area contributed by atoms with E-state index in [2.05, 4.69) is 217 Å². The van der Waals surface area contributed by atoms with E-state index in [-0.39, 0.29) is 0 Å². The van der Waals surface area contributed by atoms with Crippen molar-refractivity contribution in [2.45, 2.75) is 15.2 Å². The standard InChI is InChI=1S/C55H35NS/c1-2-12-36(13-3-1)40-24-25-42-34-44(29-27-41(42)32-40)56(43-28-26-37-14-4-5-15-39(37)33-43)45-30-31-50-53(35-45)57-52-23-9-8-21-49(52)55(50)48-20-7-6-18-46(48)47-19-10-16-38-17-11-22-51(55)54(38)47/h1-35H. The van der Waals surface area contributed by atoms with E-state index in [9.17, 15) is 0 Å². The fourth-order valence-electron chi connectivity index (χ4n) is 9.77. The summed E-state index contributed by atoms with van der Waals surface area (Å²) >= 11 is 1.90. The van der Waals surface area contributed by atoms with E-state index in [0.717, 1.165) is 17.1 Å². The smallest absolute Gasteiger partial charge is 0.0735 e. The highest BCUT2D eigenvalue weighted by Gasteiger charge is 2.48. The summed E-state index contributed by atoms with van der Waals surface area (Å²) in [5.41, 5.74) is 13.4. The third-order valence-electron chi connectivity index (χ3n) is 12.2. The van der Waals surface area contributed by atoms with Crippen LogP contribution in [-0.4, -0.2) is 0 Å². The van der Waals surface area contributed by atoms with E-state index in [0.29, 0.717) is 0 Å². The first kappa shape index (κ1) is 32.4. The zero-order chi connectivity index (χ0) is 37.5. The first-order chi connectivity index (χ1) is 28.2. The minimum absolute atomic E-state index is 0.479. The van der Waals surface area contributed by atoms with Gasteiger partial charge in [0.25, 0.3) is 0 Å². The average molecular weight is 742 g/mol. The Morgan fingerprint density at radius 1 is 0.316 bits per heavy atom. The zero-order valence-electron chi connectivity index (χ0n) is 31.1. The second-order valence-electron chi connectivity index (χ2n) is 15.3. The van der Waals surface area contributed by atoms with Crippen LogP contribution >= 0.6 is 11.8 Å². The Morgan fingerprint density at radius 2 is 0.877 bits per heavy atom. The topological polar surface area (TPSA) is 3.24 Å². The number of rotatable bonds is 4. The van der Waals surface area contributed by atoms with Crippen LogP contribution in [0.2, 0.25) is 0 Å². The summed E-state index contributed by atoms with van der Waals surface area (Å²) in [6.07, 6.45) is 0. The van der Waals surface area contributed by atoms with Crippen LogP contribution in [-0.2, 0) is 5.41 Å². The van der Waals surface area contributed by atoms with Gasteiger partial charge < -0.3 is 4.90 Å². The summed E-state index contributed by atoms with van der Waals surface area (Å²) in [6, 6.07) is 79.0. The van der Waals surface area contributed by atoms with Gasteiger partial charge in [-0.25, -0.2) is 0 Å². The van der Waals surface area contributed by atoms with Crippen LogP contribution in [0.5, 0.6) is 0 Å². The van der Waals surface area contributed by atoms with Gasteiger partial charge in [0.05, 0.1) is 5.41 Å². The van der Waals surface area contributed by atoms with Gasteiger partial charge in [0.1, 0.15) is 0 Å². The van der Waals surface area contributed by atoms with Gasteiger partial charge in [-0.2, -0.15) is 0 Å². The fourth-order valence-corrected chi connectivity index (χ4v) is 11.0. The molecule has 266 valence electrons. The molecule has 10 aromatic carbocycles. The minimum atomic E-state index is -0.479. The van der Waals surface area contributed by atoms with E-state index in [4.69, 9.17) is 0 Å². The predicted molar refractivity (Wildman–Crippen MR) is 241 cm³/mol. The molecule has 1 heterocycles. The highest BCUT2D eigenvalue weighted by molar-refractivity contribution is 7.99. The van der Waals surface area contributed by atoms with Crippen LogP contribution in [0, 0.1) is 0 Å². The van der Waals surface area contributed by atoms with Crippen molar-refractivity contribution in [1.29, 1.82) is 0 Å². The van der Waals surface area contributed by atoms with Crippen molar-refractivity contribution in [3.63, 3.8) is 0 Å². The summed E-state index contributed by atoms with van der Waals surface area (Å²) < 4.78 is 0. The molecule has 0 fully saturated rings. The van der Waals surface area contributed by atoms with Crippen LogP contribution in [0.3, 0.4) is 0 Å². The van der Waals surface area contributed by atoms with E-state index >= 15 is 0 Å². The molecule has 0 amide bonds. The van der Waals surface area contributed by atoms with Crippen LogP contribution in [0.4, 0.5) is 17.1 Å². The van der Waals surface area contributed by atoms with Crippen LogP contribution in [0.15, 0.2) is 222 Å². The Hall–Kier alpha value is -6.87. The number of nitrogens with zero attached hydrogens (tertiary/aromatic N) is 1. The van der Waals surface area contributed by atoms with Crippen LogP contribution < -0.4 is 4.90 Å². The van der Waals surface area contributed by atoms with Crippen molar-refractivity contribution in [3.8, 4) is 22.3 Å². The van der Waals surface area contributed by atoms with Crippen molar-refractivity contribution < 1.29 is 0 Å². The number of fused-ring (bicyclic) bond motifs is 10. The molecule has 0 saturated heterocycles. The summed E-state index contributed by atoms with van der Waals surface area (Å²) in [4.78, 5) is 5.01. The number of anilines is 3. The van der Waals surface area contributed by atoms with Crippen LogP contribution in [0.1, 0.15) is 22.3 Å². The highest BCUT2D eigenvalue weighted by Crippen LogP contribution is 2.61. The molecule has 0 radical (unpaired) electrons. The molecule has 0 bridgehead atoms. The Balaban J connectivity index is 1.09. The maximum atomic E-state index is 2.44. The monoisotopic (exact) mass is 741 g/mol. The van der Waals surface area contributed by atoms with Gasteiger partial charge in [0, 0.05) is 26.9 Å². The molecule has 57 heavy (non-hydrogen) atoms. The van der Waals surface area contributed by atoms with Gasteiger partial charge in [-0.3, -0.25) is 0 Å². The molecule has 0 N–H and O–H groups in total. The molecule has 2 aliphatic rings. The Kier molecular flexibility index (Phi) is 7.14. The fraction of sp³-hybridized carbons (Fsp3) is 0.0182. The third-order valence-corrected chi connectivity index (χ3v) is 13.4. The normalized spacial score (nSPS) is 15.0. The van der Waals surface area contributed by atoms with Crippen molar-refractivity contribution in [2.24, 2.45) is 0 Å². The lowest BCUT2D eigenvalue weighted by Crippen LogP contribution is -2.36. The van der Waals surface area contributed by atoms with E-state index in [1.807, 2.05) is 11.8 Å². The first-order valence-corrected chi connectivity index (χ1v) is 20.5. The molecular weight excluding hydrogens is 707 g/mol. The summed E-state index contributed by atoms with van der Waals surface area (Å²) in [7, 11) is 0. The van der Waals surface area contributed by atoms with E-state index in [1.165, 1.54) is 86.6 Å². The number of hydrogen-bond donors (Lipinski definition) is 0. The number of hydrogen-bond acceptors (Lipinski definition) is 2. The highest BCUT2D eigenvalue weighted by atomic mass is 32.2. The van der Waals surface area contributed by atoms with Crippen LogP contribution in [0.25, 0.3) is 54.6 Å². The number of benzene rings is 10. The molecule has 1 nitrogen and oxygen atoms in total. The van der Waals surface area contributed by atoms with E-state index in [1.54, 1.807) is 0 Å². The molecule has 1 aliphatic carbocycles. The lowest BCUT2D eigenvalue weighted by atomic mass is 9.59.